The number of alkyl halides is 3. The summed E-state index contributed by atoms with van der Waals surface area (Å²) in [5, 5.41) is 17.1. The predicted molar refractivity (Wildman–Crippen MR) is 112 cm³/mol. The van der Waals surface area contributed by atoms with Crippen molar-refractivity contribution >= 4 is 27.7 Å². The Morgan fingerprint density at radius 1 is 1.30 bits per heavy atom. The van der Waals surface area contributed by atoms with Crippen LogP contribution in [0.3, 0.4) is 0 Å². The molecule has 0 bridgehead atoms. The highest BCUT2D eigenvalue weighted by Crippen LogP contribution is 2.39. The Morgan fingerprint density at radius 3 is 2.80 bits per heavy atom. The van der Waals surface area contributed by atoms with Gasteiger partial charge in [0, 0.05) is 17.6 Å². The molecule has 2 aromatic rings. The van der Waals surface area contributed by atoms with Crippen LogP contribution < -0.4 is 15.4 Å². The number of rotatable bonds is 8. The van der Waals surface area contributed by atoms with Gasteiger partial charge in [-0.15, -0.1) is 11.3 Å². The molecule has 0 atom stereocenters. The van der Waals surface area contributed by atoms with E-state index in [9.17, 15) is 13.2 Å². The third-order valence-corrected chi connectivity index (χ3v) is 5.17. The highest BCUT2D eigenvalue weighted by atomic mass is 32.1. The minimum atomic E-state index is -4.52. The molecule has 1 aromatic heterocycles. The summed E-state index contributed by atoms with van der Waals surface area (Å²) < 4.78 is 45.8. The first kappa shape index (κ1) is 21.7. The molecule has 2 heterocycles. The van der Waals surface area contributed by atoms with Crippen LogP contribution in [0.15, 0.2) is 41.4 Å². The number of anilines is 2. The van der Waals surface area contributed by atoms with E-state index in [1.165, 1.54) is 17.4 Å². The fourth-order valence-corrected chi connectivity index (χ4v) is 3.59. The Hall–Kier alpha value is -2.99. The number of hydrogen-bond donors (Lipinski definition) is 2. The van der Waals surface area contributed by atoms with Crippen LogP contribution in [0.1, 0.15) is 37.4 Å². The van der Waals surface area contributed by atoms with Crippen molar-refractivity contribution < 1.29 is 17.9 Å². The van der Waals surface area contributed by atoms with Crippen molar-refractivity contribution in [1.82, 2.24) is 10.3 Å². The van der Waals surface area contributed by atoms with Crippen molar-refractivity contribution in [2.24, 2.45) is 0 Å². The van der Waals surface area contributed by atoms with Crippen LogP contribution in [0.5, 0.6) is 5.75 Å². The van der Waals surface area contributed by atoms with E-state index in [-0.39, 0.29) is 18.0 Å². The summed E-state index contributed by atoms with van der Waals surface area (Å²) in [4.78, 5) is 4.44. The SMILES string of the molecule is CCCCCOc1ccc(Nc2nc(C3=CC=C(C#N)NC3)cs2)cc1C(F)(F)F. The second kappa shape index (κ2) is 9.67. The fourth-order valence-electron chi connectivity index (χ4n) is 2.84. The van der Waals surface area contributed by atoms with Gasteiger partial charge in [-0.1, -0.05) is 25.8 Å². The molecule has 1 aliphatic rings. The van der Waals surface area contributed by atoms with E-state index in [4.69, 9.17) is 10.00 Å². The first-order valence-electron chi connectivity index (χ1n) is 9.52. The lowest BCUT2D eigenvalue weighted by Gasteiger charge is -2.15. The smallest absolute Gasteiger partial charge is 0.420 e. The summed E-state index contributed by atoms with van der Waals surface area (Å²) in [5.41, 5.74) is 1.55. The highest BCUT2D eigenvalue weighted by Gasteiger charge is 2.34. The normalized spacial score (nSPS) is 13.7. The van der Waals surface area contributed by atoms with Crippen molar-refractivity contribution in [3.05, 3.63) is 52.7 Å². The van der Waals surface area contributed by atoms with Crippen molar-refractivity contribution in [3.8, 4) is 11.8 Å². The number of halogens is 3. The second-order valence-electron chi connectivity index (χ2n) is 6.66. The topological polar surface area (TPSA) is 70.0 Å². The van der Waals surface area contributed by atoms with Crippen LogP contribution in [0.2, 0.25) is 0 Å². The molecule has 0 saturated heterocycles. The lowest BCUT2D eigenvalue weighted by Crippen LogP contribution is -2.18. The van der Waals surface area contributed by atoms with Crippen molar-refractivity contribution in [3.63, 3.8) is 0 Å². The number of allylic oxidation sites excluding steroid dienone is 3. The maximum atomic E-state index is 13.5. The van der Waals surface area contributed by atoms with Crippen LogP contribution >= 0.6 is 11.3 Å². The van der Waals surface area contributed by atoms with Crippen LogP contribution in [0.25, 0.3) is 5.57 Å². The molecule has 0 fully saturated rings. The lowest BCUT2D eigenvalue weighted by molar-refractivity contribution is -0.138. The monoisotopic (exact) mass is 434 g/mol. The van der Waals surface area contributed by atoms with Crippen LogP contribution in [-0.4, -0.2) is 18.1 Å². The number of benzene rings is 1. The average molecular weight is 434 g/mol. The first-order chi connectivity index (χ1) is 14.4. The number of nitriles is 1. The number of nitrogens with zero attached hydrogens (tertiary/aromatic N) is 2. The van der Waals surface area contributed by atoms with E-state index in [0.29, 0.717) is 29.5 Å². The van der Waals surface area contributed by atoms with Crippen molar-refractivity contribution in [2.45, 2.75) is 32.4 Å². The van der Waals surface area contributed by atoms with Gasteiger partial charge >= 0.3 is 6.18 Å². The van der Waals surface area contributed by atoms with Crippen molar-refractivity contribution in [1.29, 1.82) is 5.26 Å². The zero-order valence-corrected chi connectivity index (χ0v) is 17.2. The largest absolute Gasteiger partial charge is 0.493 e. The summed E-state index contributed by atoms with van der Waals surface area (Å²) in [6, 6.07) is 5.96. The van der Waals surface area contributed by atoms with Gasteiger partial charge in [-0.25, -0.2) is 4.98 Å². The Balaban J connectivity index is 1.74. The van der Waals surface area contributed by atoms with Gasteiger partial charge in [-0.2, -0.15) is 18.4 Å². The molecule has 0 unspecified atom stereocenters. The maximum Gasteiger partial charge on any atom is 0.420 e. The van der Waals surface area contributed by atoms with E-state index in [2.05, 4.69) is 15.6 Å². The number of hydrogen-bond acceptors (Lipinski definition) is 6. The van der Waals surface area contributed by atoms with Gasteiger partial charge in [0.1, 0.15) is 17.5 Å². The number of thiazole rings is 1. The minimum absolute atomic E-state index is 0.164. The molecule has 0 aliphatic carbocycles. The van der Waals surface area contributed by atoms with Crippen LogP contribution in [-0.2, 0) is 6.18 Å². The molecule has 5 nitrogen and oxygen atoms in total. The quantitative estimate of drug-likeness (QED) is 0.509. The van der Waals surface area contributed by atoms with Gasteiger partial charge in [0.25, 0.3) is 0 Å². The molecule has 1 aromatic carbocycles. The molecule has 9 heteroatoms. The number of ether oxygens (including phenoxy) is 1. The Morgan fingerprint density at radius 2 is 2.13 bits per heavy atom. The fraction of sp³-hybridized carbons (Fsp3) is 0.333. The van der Waals surface area contributed by atoms with Crippen LogP contribution in [0, 0.1) is 11.3 Å². The first-order valence-corrected chi connectivity index (χ1v) is 10.4. The predicted octanol–water partition coefficient (Wildman–Crippen LogP) is 5.87. The molecular formula is C21H21F3N4OS. The molecule has 2 N–H and O–H groups in total. The Labute approximate surface area is 176 Å². The molecule has 158 valence electrons. The molecule has 30 heavy (non-hydrogen) atoms. The third kappa shape index (κ3) is 5.54. The molecule has 0 saturated carbocycles. The number of aromatic nitrogens is 1. The zero-order chi connectivity index (χ0) is 21.6. The molecule has 1 aliphatic heterocycles. The van der Waals surface area contributed by atoms with E-state index in [0.717, 1.165) is 24.5 Å². The van der Waals surface area contributed by atoms with Gasteiger partial charge in [0.2, 0.25) is 0 Å². The zero-order valence-electron chi connectivity index (χ0n) is 16.3. The number of dihydropyridines is 1. The van der Waals surface area contributed by atoms with Gasteiger partial charge in [0.05, 0.1) is 17.9 Å². The average Bonchev–Trinajstić information content (AvgIpc) is 3.20. The Kier molecular flexibility index (Phi) is 7.00. The summed E-state index contributed by atoms with van der Waals surface area (Å²) in [6.07, 6.45) is 1.55. The number of unbranched alkanes of at least 4 members (excludes halogenated alkanes) is 2. The van der Waals surface area contributed by atoms with Gasteiger partial charge in [-0.3, -0.25) is 0 Å². The molecule has 0 spiro atoms. The van der Waals surface area contributed by atoms with Crippen LogP contribution in [0.4, 0.5) is 24.0 Å². The van der Waals surface area contributed by atoms with Crippen molar-refractivity contribution in [2.75, 3.05) is 18.5 Å². The molecular weight excluding hydrogens is 413 g/mol. The number of nitrogens with one attached hydrogen (secondary N) is 2. The lowest BCUT2D eigenvalue weighted by atomic mass is 10.1. The van der Waals surface area contributed by atoms with Gasteiger partial charge in [0.15, 0.2) is 5.13 Å². The highest BCUT2D eigenvalue weighted by molar-refractivity contribution is 7.13. The van der Waals surface area contributed by atoms with E-state index >= 15 is 0 Å². The summed E-state index contributed by atoms with van der Waals surface area (Å²) in [7, 11) is 0. The Bertz CT molecular complexity index is 989. The molecule has 3 rings (SSSR count). The summed E-state index contributed by atoms with van der Waals surface area (Å²) in [6.45, 7) is 2.74. The summed E-state index contributed by atoms with van der Waals surface area (Å²) in [5.74, 6) is -0.164. The molecule has 0 amide bonds. The summed E-state index contributed by atoms with van der Waals surface area (Å²) >= 11 is 1.29. The van der Waals surface area contributed by atoms with E-state index < -0.39 is 11.7 Å². The maximum absolute atomic E-state index is 13.5. The van der Waals surface area contributed by atoms with Gasteiger partial charge < -0.3 is 15.4 Å². The third-order valence-electron chi connectivity index (χ3n) is 4.42. The second-order valence-corrected chi connectivity index (χ2v) is 7.52. The molecule has 0 radical (unpaired) electrons. The van der Waals surface area contributed by atoms with Gasteiger partial charge in [-0.05, 0) is 36.3 Å². The minimum Gasteiger partial charge on any atom is -0.493 e. The van der Waals surface area contributed by atoms with E-state index in [1.54, 1.807) is 18.2 Å². The standard InChI is InChI=1S/C21H21F3N4OS/c1-2-3-4-9-29-19-8-7-15(10-17(19)21(22,23)24)27-20-28-18(13-30-20)14-5-6-16(11-25)26-12-14/h5-8,10,13,26H,2-4,9,12H2,1H3,(H,27,28). The van der Waals surface area contributed by atoms with E-state index in [1.807, 2.05) is 18.4 Å².